The van der Waals surface area contributed by atoms with E-state index in [1.54, 1.807) is 42.5 Å². The average Bonchev–Trinajstić information content (AvgIpc) is 2.81. The molecule has 0 radical (unpaired) electrons. The van der Waals surface area contributed by atoms with Crippen LogP contribution in [-0.4, -0.2) is 10.8 Å². The maximum Gasteiger partial charge on any atom is 0.284 e. The number of amides is 1. The Morgan fingerprint density at radius 2 is 1.56 bits per heavy atom. The van der Waals surface area contributed by atoms with E-state index >= 15 is 0 Å². The van der Waals surface area contributed by atoms with Crippen LogP contribution in [0.3, 0.4) is 0 Å². The molecular formula is C25H17ClN2O3S. The first-order chi connectivity index (χ1) is 15.5. The predicted octanol–water partition coefficient (Wildman–Crippen LogP) is 7.32. The molecule has 32 heavy (non-hydrogen) atoms. The standard InChI is InChI=1S/C25H17ClN2O3S/c26-19-11-13-20(14-12-19)32-24-15-10-18(16-23(24)28(30)31)25(29)27-22-9-5-4-8-21(22)17-6-2-1-3-7-17/h1-16H,(H,27,29). The molecule has 0 aliphatic rings. The number of hydrogen-bond donors (Lipinski definition) is 1. The van der Waals surface area contributed by atoms with Crippen molar-refractivity contribution in [2.75, 3.05) is 5.32 Å². The van der Waals surface area contributed by atoms with Crippen molar-refractivity contribution in [3.63, 3.8) is 0 Å². The van der Waals surface area contributed by atoms with Crippen LogP contribution >= 0.6 is 23.4 Å². The van der Waals surface area contributed by atoms with Gasteiger partial charge in [-0.05, 0) is 48.0 Å². The number of para-hydroxylation sites is 1. The third-order valence-corrected chi connectivity index (χ3v) is 6.04. The second kappa shape index (κ2) is 9.68. The lowest BCUT2D eigenvalue weighted by molar-refractivity contribution is -0.387. The molecule has 0 saturated carbocycles. The third kappa shape index (κ3) is 4.99. The van der Waals surface area contributed by atoms with Crippen LogP contribution in [0, 0.1) is 10.1 Å². The summed E-state index contributed by atoms with van der Waals surface area (Å²) in [6.07, 6.45) is 0. The van der Waals surface area contributed by atoms with Crippen molar-refractivity contribution in [3.8, 4) is 11.1 Å². The molecule has 0 aromatic heterocycles. The Bertz CT molecular complexity index is 1280. The van der Waals surface area contributed by atoms with Gasteiger partial charge >= 0.3 is 0 Å². The molecule has 5 nitrogen and oxygen atoms in total. The minimum absolute atomic E-state index is 0.131. The van der Waals surface area contributed by atoms with Gasteiger partial charge in [-0.3, -0.25) is 14.9 Å². The number of nitro groups is 1. The van der Waals surface area contributed by atoms with Crippen molar-refractivity contribution >= 4 is 40.6 Å². The van der Waals surface area contributed by atoms with E-state index in [0.29, 0.717) is 15.6 Å². The second-order valence-corrected chi connectivity index (χ2v) is 8.41. The average molecular weight is 461 g/mol. The van der Waals surface area contributed by atoms with Crippen molar-refractivity contribution in [3.05, 3.63) is 118 Å². The van der Waals surface area contributed by atoms with Crippen LogP contribution in [0.5, 0.6) is 0 Å². The number of halogens is 1. The number of carbonyl (C=O) groups excluding carboxylic acids is 1. The zero-order valence-electron chi connectivity index (χ0n) is 16.7. The largest absolute Gasteiger partial charge is 0.321 e. The summed E-state index contributed by atoms with van der Waals surface area (Å²) < 4.78 is 0. The van der Waals surface area contributed by atoms with E-state index < -0.39 is 10.8 Å². The monoisotopic (exact) mass is 460 g/mol. The molecule has 0 fully saturated rings. The van der Waals surface area contributed by atoms with Gasteiger partial charge in [0.15, 0.2) is 0 Å². The van der Waals surface area contributed by atoms with Crippen LogP contribution in [0.1, 0.15) is 10.4 Å². The number of nitrogens with one attached hydrogen (secondary N) is 1. The molecule has 0 bridgehead atoms. The van der Waals surface area contributed by atoms with Gasteiger partial charge in [0.2, 0.25) is 0 Å². The Morgan fingerprint density at radius 1 is 0.875 bits per heavy atom. The summed E-state index contributed by atoms with van der Waals surface area (Å²) in [6.45, 7) is 0. The van der Waals surface area contributed by atoms with Crippen LogP contribution < -0.4 is 5.32 Å². The van der Waals surface area contributed by atoms with Crippen molar-refractivity contribution in [1.29, 1.82) is 0 Å². The molecule has 0 atom stereocenters. The minimum atomic E-state index is -0.479. The van der Waals surface area contributed by atoms with Crippen LogP contribution in [0.25, 0.3) is 11.1 Å². The smallest absolute Gasteiger partial charge is 0.284 e. The number of nitrogens with zero attached hydrogens (tertiary/aromatic N) is 1. The Morgan fingerprint density at radius 3 is 2.28 bits per heavy atom. The lowest BCUT2D eigenvalue weighted by atomic mass is 10.0. The van der Waals surface area contributed by atoms with Gasteiger partial charge in [-0.15, -0.1) is 0 Å². The predicted molar refractivity (Wildman–Crippen MR) is 129 cm³/mol. The van der Waals surface area contributed by atoms with E-state index in [0.717, 1.165) is 16.0 Å². The highest BCUT2D eigenvalue weighted by atomic mass is 35.5. The number of benzene rings is 4. The van der Waals surface area contributed by atoms with Crippen LogP contribution in [0.4, 0.5) is 11.4 Å². The van der Waals surface area contributed by atoms with E-state index in [1.807, 2.05) is 48.5 Å². The molecule has 0 unspecified atom stereocenters. The highest BCUT2D eigenvalue weighted by molar-refractivity contribution is 7.99. The summed E-state index contributed by atoms with van der Waals surface area (Å²) in [5.41, 5.74) is 2.54. The van der Waals surface area contributed by atoms with E-state index in [4.69, 9.17) is 11.6 Å². The minimum Gasteiger partial charge on any atom is -0.321 e. The first-order valence-corrected chi connectivity index (χ1v) is 10.9. The molecule has 1 amide bonds. The van der Waals surface area contributed by atoms with Crippen molar-refractivity contribution < 1.29 is 9.72 Å². The van der Waals surface area contributed by atoms with E-state index in [2.05, 4.69) is 5.32 Å². The highest BCUT2D eigenvalue weighted by Crippen LogP contribution is 2.36. The summed E-state index contributed by atoms with van der Waals surface area (Å²) in [7, 11) is 0. The molecule has 4 aromatic carbocycles. The quantitative estimate of drug-likeness (QED) is 0.241. The van der Waals surface area contributed by atoms with Crippen LogP contribution in [0.2, 0.25) is 5.02 Å². The molecule has 0 spiro atoms. The number of nitro benzene ring substituents is 1. The van der Waals surface area contributed by atoms with E-state index in [1.165, 1.54) is 17.8 Å². The maximum atomic E-state index is 12.9. The first kappa shape index (κ1) is 21.6. The maximum absolute atomic E-state index is 12.9. The van der Waals surface area contributed by atoms with Gasteiger partial charge in [-0.1, -0.05) is 71.9 Å². The first-order valence-electron chi connectivity index (χ1n) is 9.69. The Balaban J connectivity index is 1.61. The molecule has 158 valence electrons. The molecule has 0 saturated heterocycles. The normalized spacial score (nSPS) is 10.5. The van der Waals surface area contributed by atoms with E-state index in [-0.39, 0.29) is 11.3 Å². The Hall–Kier alpha value is -3.61. The number of hydrogen-bond acceptors (Lipinski definition) is 4. The van der Waals surface area contributed by atoms with Gasteiger partial charge in [0.25, 0.3) is 11.6 Å². The Kier molecular flexibility index (Phi) is 6.54. The molecule has 1 N–H and O–H groups in total. The third-order valence-electron chi connectivity index (χ3n) is 4.72. The lowest BCUT2D eigenvalue weighted by Crippen LogP contribution is -2.13. The van der Waals surface area contributed by atoms with Crippen molar-refractivity contribution in [1.82, 2.24) is 0 Å². The number of anilines is 1. The van der Waals surface area contributed by atoms with Crippen molar-refractivity contribution in [2.24, 2.45) is 0 Å². The van der Waals surface area contributed by atoms with Crippen molar-refractivity contribution in [2.45, 2.75) is 9.79 Å². The fourth-order valence-electron chi connectivity index (χ4n) is 3.17. The van der Waals surface area contributed by atoms with Crippen LogP contribution in [-0.2, 0) is 0 Å². The molecular weight excluding hydrogens is 444 g/mol. The number of carbonyl (C=O) groups is 1. The van der Waals surface area contributed by atoms with Gasteiger partial charge in [0.1, 0.15) is 0 Å². The molecule has 4 rings (SSSR count). The molecule has 0 aliphatic carbocycles. The fourth-order valence-corrected chi connectivity index (χ4v) is 4.20. The fraction of sp³-hybridized carbons (Fsp3) is 0. The molecule has 4 aromatic rings. The summed E-state index contributed by atoms with van der Waals surface area (Å²) in [5.74, 6) is -0.417. The van der Waals surface area contributed by atoms with Gasteiger partial charge in [0.05, 0.1) is 9.82 Å². The Labute approximate surface area is 194 Å². The molecule has 0 heterocycles. The van der Waals surface area contributed by atoms with Gasteiger partial charge < -0.3 is 5.32 Å². The number of rotatable bonds is 6. The topological polar surface area (TPSA) is 72.2 Å². The van der Waals surface area contributed by atoms with E-state index in [9.17, 15) is 14.9 Å². The highest BCUT2D eigenvalue weighted by Gasteiger charge is 2.19. The molecule has 7 heteroatoms. The summed E-state index contributed by atoms with van der Waals surface area (Å²) >= 11 is 7.15. The van der Waals surface area contributed by atoms with Gasteiger partial charge in [-0.25, -0.2) is 0 Å². The zero-order valence-corrected chi connectivity index (χ0v) is 18.3. The summed E-state index contributed by atoms with van der Waals surface area (Å²) in [4.78, 5) is 25.4. The summed E-state index contributed by atoms with van der Waals surface area (Å²) in [5, 5.41) is 15.2. The molecule has 0 aliphatic heterocycles. The second-order valence-electron chi connectivity index (χ2n) is 6.86. The van der Waals surface area contributed by atoms with Crippen LogP contribution in [0.15, 0.2) is 107 Å². The zero-order chi connectivity index (χ0) is 22.5. The lowest BCUT2D eigenvalue weighted by Gasteiger charge is -2.12. The summed E-state index contributed by atoms with van der Waals surface area (Å²) in [6, 6.07) is 28.6. The van der Waals surface area contributed by atoms with Gasteiger partial charge in [-0.2, -0.15) is 0 Å². The van der Waals surface area contributed by atoms with Gasteiger partial charge in [0, 0.05) is 32.8 Å². The SMILES string of the molecule is O=C(Nc1ccccc1-c1ccccc1)c1ccc(Sc2ccc(Cl)cc2)c([N+](=O)[O-])c1.